The Balaban J connectivity index is 3.55. The van der Waals surface area contributed by atoms with Gasteiger partial charge in [0.2, 0.25) is 0 Å². The van der Waals surface area contributed by atoms with Crippen LogP contribution in [-0.2, 0) is 6.18 Å². The second-order valence-electron chi connectivity index (χ2n) is 2.86. The molecule has 0 saturated carbocycles. The molecule has 0 aliphatic rings. The molecule has 1 aromatic rings. The summed E-state index contributed by atoms with van der Waals surface area (Å²) in [5.41, 5.74) is -3.67. The molecule has 1 rings (SSSR count). The summed E-state index contributed by atoms with van der Waals surface area (Å²) in [6, 6.07) is 0.152. The molecule has 0 aromatic carbocycles. The van der Waals surface area contributed by atoms with Gasteiger partial charge in [0.15, 0.2) is 5.69 Å². The number of aromatic carboxylic acids is 1. The van der Waals surface area contributed by atoms with Crippen LogP contribution in [0.2, 0.25) is 0 Å². The molecule has 0 atom stereocenters. The van der Waals surface area contributed by atoms with Gasteiger partial charge in [-0.1, -0.05) is 0 Å². The number of pyridine rings is 1. The number of halogens is 6. The summed E-state index contributed by atoms with van der Waals surface area (Å²) < 4.78 is 61.2. The fourth-order valence-electron chi connectivity index (χ4n) is 1.01. The second-order valence-corrected chi connectivity index (χ2v) is 3.94. The van der Waals surface area contributed by atoms with Gasteiger partial charge < -0.3 is 5.11 Å². The van der Waals surface area contributed by atoms with Crippen molar-refractivity contribution in [2.75, 3.05) is 0 Å². The van der Waals surface area contributed by atoms with E-state index in [-0.39, 0.29) is 6.07 Å². The minimum absolute atomic E-state index is 0.152. The number of carbonyl (C=O) groups is 1. The first-order valence-electron chi connectivity index (χ1n) is 3.93. The molecule has 0 spiro atoms. The molecular weight excluding hydrogens is 364 g/mol. The normalized spacial score (nSPS) is 11.9. The largest absolute Gasteiger partial charge is 0.476 e. The van der Waals surface area contributed by atoms with E-state index in [0.717, 1.165) is 22.6 Å². The average molecular weight is 367 g/mol. The summed E-state index contributed by atoms with van der Waals surface area (Å²) in [5, 5.41) is 8.58. The zero-order valence-corrected chi connectivity index (χ0v) is 9.88. The van der Waals surface area contributed by atoms with Gasteiger partial charge in [-0.15, -0.1) is 0 Å². The minimum Gasteiger partial charge on any atom is -0.476 e. The van der Waals surface area contributed by atoms with Crippen molar-refractivity contribution in [3.05, 3.63) is 26.6 Å². The van der Waals surface area contributed by atoms with Gasteiger partial charge in [-0.05, 0) is 28.7 Å². The van der Waals surface area contributed by atoms with Gasteiger partial charge in [0.25, 0.3) is 6.43 Å². The van der Waals surface area contributed by atoms with Crippen LogP contribution in [0.25, 0.3) is 0 Å². The smallest absolute Gasteiger partial charge is 0.417 e. The van der Waals surface area contributed by atoms with Crippen LogP contribution in [0, 0.1) is 3.57 Å². The molecule has 0 bridgehead atoms. The first-order chi connectivity index (χ1) is 7.64. The first kappa shape index (κ1) is 14.1. The summed E-state index contributed by atoms with van der Waals surface area (Å²) >= 11 is 1.11. The van der Waals surface area contributed by atoms with Gasteiger partial charge in [-0.3, -0.25) is 0 Å². The Labute approximate surface area is 105 Å². The number of nitrogens with zero attached hydrogens (tertiary/aromatic N) is 1. The van der Waals surface area contributed by atoms with Crippen LogP contribution in [0.1, 0.15) is 28.2 Å². The number of carboxylic acids is 1. The molecular formula is C8H3F5INO2. The van der Waals surface area contributed by atoms with Crippen LogP contribution in [-0.4, -0.2) is 16.1 Å². The van der Waals surface area contributed by atoms with E-state index in [1.807, 2.05) is 0 Å². The number of rotatable bonds is 2. The Hall–Kier alpha value is -1.00. The molecule has 1 aromatic heterocycles. The number of hydrogen-bond donors (Lipinski definition) is 1. The number of carboxylic acid groups (broad SMARTS) is 1. The maximum absolute atomic E-state index is 12.5. The van der Waals surface area contributed by atoms with Gasteiger partial charge in [-0.2, -0.15) is 13.2 Å². The standard InChI is InChI=1S/C8H3F5INO2/c9-6(10)3-1-2(8(11,12)13)4(14)5(15-3)7(16)17/h1,6H,(H,16,17). The van der Waals surface area contributed by atoms with Crippen molar-refractivity contribution in [1.82, 2.24) is 4.98 Å². The van der Waals surface area contributed by atoms with E-state index in [1.54, 1.807) is 0 Å². The number of aromatic nitrogens is 1. The molecule has 0 fully saturated rings. The van der Waals surface area contributed by atoms with E-state index in [4.69, 9.17) is 5.11 Å². The van der Waals surface area contributed by atoms with Crippen LogP contribution in [0.15, 0.2) is 6.07 Å². The lowest BCUT2D eigenvalue weighted by molar-refractivity contribution is -0.138. The number of hydrogen-bond acceptors (Lipinski definition) is 2. The van der Waals surface area contributed by atoms with Gasteiger partial charge in [0, 0.05) is 0 Å². The Morgan fingerprint density at radius 3 is 2.29 bits per heavy atom. The molecule has 0 amide bonds. The molecule has 94 valence electrons. The highest BCUT2D eigenvalue weighted by molar-refractivity contribution is 14.1. The Morgan fingerprint density at radius 2 is 1.94 bits per heavy atom. The lowest BCUT2D eigenvalue weighted by atomic mass is 10.2. The second kappa shape index (κ2) is 4.70. The first-order valence-corrected chi connectivity index (χ1v) is 5.01. The van der Waals surface area contributed by atoms with Crippen molar-refractivity contribution in [3.8, 4) is 0 Å². The molecule has 0 aliphatic carbocycles. The third kappa shape index (κ3) is 3.01. The van der Waals surface area contributed by atoms with Crippen molar-refractivity contribution in [2.45, 2.75) is 12.6 Å². The lowest BCUT2D eigenvalue weighted by Gasteiger charge is -2.12. The van der Waals surface area contributed by atoms with Crippen LogP contribution < -0.4 is 0 Å². The van der Waals surface area contributed by atoms with Crippen molar-refractivity contribution in [1.29, 1.82) is 0 Å². The summed E-state index contributed by atoms with van der Waals surface area (Å²) in [6.07, 6.45) is -8.18. The Bertz CT molecular complexity index is 460. The zero-order chi connectivity index (χ0) is 13.4. The van der Waals surface area contributed by atoms with E-state index in [1.165, 1.54) is 0 Å². The molecule has 3 nitrogen and oxygen atoms in total. The third-order valence-corrected chi connectivity index (χ3v) is 2.80. The fourth-order valence-corrected chi connectivity index (χ4v) is 1.82. The van der Waals surface area contributed by atoms with Crippen LogP contribution in [0.4, 0.5) is 22.0 Å². The van der Waals surface area contributed by atoms with Crippen molar-refractivity contribution in [3.63, 3.8) is 0 Å². The minimum atomic E-state index is -4.91. The topological polar surface area (TPSA) is 50.2 Å². The van der Waals surface area contributed by atoms with E-state index in [9.17, 15) is 26.7 Å². The summed E-state index contributed by atoms with van der Waals surface area (Å²) in [7, 11) is 0. The molecule has 0 radical (unpaired) electrons. The zero-order valence-electron chi connectivity index (χ0n) is 7.73. The average Bonchev–Trinajstić information content (AvgIpc) is 2.15. The molecule has 9 heteroatoms. The lowest BCUT2D eigenvalue weighted by Crippen LogP contribution is -2.15. The third-order valence-electron chi connectivity index (χ3n) is 1.71. The van der Waals surface area contributed by atoms with E-state index >= 15 is 0 Å². The molecule has 1 N–H and O–H groups in total. The van der Waals surface area contributed by atoms with Gasteiger partial charge >= 0.3 is 12.1 Å². The summed E-state index contributed by atoms with van der Waals surface area (Å²) in [5.74, 6) is -1.79. The fraction of sp³-hybridized carbons (Fsp3) is 0.250. The maximum atomic E-state index is 12.5. The predicted octanol–water partition coefficient (Wildman–Crippen LogP) is 3.34. The molecule has 1 heterocycles. The SMILES string of the molecule is O=C(O)c1nc(C(F)F)cc(C(F)(F)F)c1I. The van der Waals surface area contributed by atoms with Crippen molar-refractivity contribution < 1.29 is 31.9 Å². The summed E-state index contributed by atoms with van der Waals surface area (Å²) in [4.78, 5) is 13.6. The van der Waals surface area contributed by atoms with Crippen LogP contribution in [0.5, 0.6) is 0 Å². The van der Waals surface area contributed by atoms with Crippen LogP contribution in [0.3, 0.4) is 0 Å². The summed E-state index contributed by atoms with van der Waals surface area (Å²) in [6.45, 7) is 0. The monoisotopic (exact) mass is 367 g/mol. The van der Waals surface area contributed by atoms with Crippen molar-refractivity contribution >= 4 is 28.6 Å². The highest BCUT2D eigenvalue weighted by atomic mass is 127. The van der Waals surface area contributed by atoms with E-state index < -0.39 is 39.1 Å². The molecule has 17 heavy (non-hydrogen) atoms. The Kier molecular flexibility index (Phi) is 3.89. The highest BCUT2D eigenvalue weighted by Gasteiger charge is 2.36. The van der Waals surface area contributed by atoms with Gasteiger partial charge in [-0.25, -0.2) is 18.6 Å². The van der Waals surface area contributed by atoms with Crippen LogP contribution >= 0.6 is 22.6 Å². The maximum Gasteiger partial charge on any atom is 0.417 e. The van der Waals surface area contributed by atoms with E-state index in [2.05, 4.69) is 4.98 Å². The van der Waals surface area contributed by atoms with Gasteiger partial charge in [0.1, 0.15) is 5.69 Å². The molecule has 0 aliphatic heterocycles. The number of alkyl halides is 5. The van der Waals surface area contributed by atoms with E-state index in [0.29, 0.717) is 0 Å². The predicted molar refractivity (Wildman–Crippen MR) is 53.9 cm³/mol. The Morgan fingerprint density at radius 1 is 1.41 bits per heavy atom. The quantitative estimate of drug-likeness (QED) is 0.645. The molecule has 0 unspecified atom stereocenters. The highest BCUT2D eigenvalue weighted by Crippen LogP contribution is 2.35. The molecule has 0 saturated heterocycles. The van der Waals surface area contributed by atoms with Gasteiger partial charge in [0.05, 0.1) is 9.13 Å². The van der Waals surface area contributed by atoms with Crippen molar-refractivity contribution in [2.24, 2.45) is 0 Å².